The van der Waals surface area contributed by atoms with Crippen molar-refractivity contribution in [3.63, 3.8) is 0 Å². The lowest BCUT2D eigenvalue weighted by atomic mass is 10.1. The van der Waals surface area contributed by atoms with Gasteiger partial charge in [-0.25, -0.2) is 4.39 Å². The lowest BCUT2D eigenvalue weighted by molar-refractivity contribution is 0.0780. The number of benzene rings is 2. The van der Waals surface area contributed by atoms with Gasteiger partial charge in [0.15, 0.2) is 0 Å². The van der Waals surface area contributed by atoms with Gasteiger partial charge in [0.2, 0.25) is 0 Å². The van der Waals surface area contributed by atoms with Crippen LogP contribution in [0.15, 0.2) is 46.9 Å². The molecule has 0 fully saturated rings. The molecular formula is C16H15BrFNO2. The van der Waals surface area contributed by atoms with Crippen LogP contribution < -0.4 is 4.74 Å². The first-order valence-corrected chi connectivity index (χ1v) is 7.14. The Balaban J connectivity index is 2.17. The van der Waals surface area contributed by atoms with Crippen molar-refractivity contribution in [1.29, 1.82) is 0 Å². The Morgan fingerprint density at radius 1 is 1.29 bits per heavy atom. The Kier molecular flexibility index (Phi) is 4.96. The number of halogens is 2. The minimum atomic E-state index is -0.542. The third-order valence-electron chi connectivity index (χ3n) is 3.08. The van der Waals surface area contributed by atoms with Crippen LogP contribution in [0, 0.1) is 5.82 Å². The molecule has 0 saturated heterocycles. The average Bonchev–Trinajstić information content (AvgIpc) is 2.49. The molecule has 3 nitrogen and oxygen atoms in total. The van der Waals surface area contributed by atoms with E-state index in [4.69, 9.17) is 4.74 Å². The van der Waals surface area contributed by atoms with Crippen LogP contribution in [0.5, 0.6) is 5.75 Å². The topological polar surface area (TPSA) is 29.5 Å². The number of rotatable bonds is 4. The molecule has 0 aliphatic carbocycles. The molecule has 0 saturated carbocycles. The molecule has 110 valence electrons. The highest BCUT2D eigenvalue weighted by Crippen LogP contribution is 2.21. The zero-order valence-corrected chi connectivity index (χ0v) is 13.4. The summed E-state index contributed by atoms with van der Waals surface area (Å²) < 4.78 is 19.4. The molecule has 0 atom stereocenters. The van der Waals surface area contributed by atoms with E-state index in [-0.39, 0.29) is 15.9 Å². The maximum Gasteiger partial charge on any atom is 0.256 e. The summed E-state index contributed by atoms with van der Waals surface area (Å²) >= 11 is 3.09. The second-order valence-corrected chi connectivity index (χ2v) is 5.47. The van der Waals surface area contributed by atoms with Crippen molar-refractivity contribution in [2.75, 3.05) is 14.2 Å². The molecule has 2 aromatic rings. The van der Waals surface area contributed by atoms with E-state index in [9.17, 15) is 9.18 Å². The first-order valence-electron chi connectivity index (χ1n) is 6.35. The van der Waals surface area contributed by atoms with Crippen LogP contribution in [0.25, 0.3) is 0 Å². The minimum absolute atomic E-state index is 0.0507. The largest absolute Gasteiger partial charge is 0.497 e. The number of hydrogen-bond acceptors (Lipinski definition) is 2. The predicted molar refractivity (Wildman–Crippen MR) is 82.9 cm³/mol. The molecule has 0 radical (unpaired) electrons. The monoisotopic (exact) mass is 351 g/mol. The Hall–Kier alpha value is -1.88. The fourth-order valence-corrected chi connectivity index (χ4v) is 2.36. The van der Waals surface area contributed by atoms with E-state index in [2.05, 4.69) is 15.9 Å². The highest BCUT2D eigenvalue weighted by atomic mass is 79.9. The van der Waals surface area contributed by atoms with Crippen molar-refractivity contribution in [1.82, 2.24) is 4.90 Å². The van der Waals surface area contributed by atoms with Gasteiger partial charge in [0.1, 0.15) is 11.6 Å². The first-order chi connectivity index (χ1) is 10.0. The average molecular weight is 352 g/mol. The summed E-state index contributed by atoms with van der Waals surface area (Å²) in [5.41, 5.74) is 0.968. The molecular weight excluding hydrogens is 337 g/mol. The molecule has 21 heavy (non-hydrogen) atoms. The van der Waals surface area contributed by atoms with E-state index in [1.54, 1.807) is 26.3 Å². The van der Waals surface area contributed by atoms with Crippen molar-refractivity contribution in [3.8, 4) is 5.75 Å². The predicted octanol–water partition coefficient (Wildman–Crippen LogP) is 3.87. The molecule has 0 N–H and O–H groups in total. The number of ether oxygens (including phenoxy) is 1. The number of nitrogens with zero attached hydrogens (tertiary/aromatic N) is 1. The number of amides is 1. The number of hydrogen-bond donors (Lipinski definition) is 0. The summed E-state index contributed by atoms with van der Waals surface area (Å²) in [6, 6.07) is 12.1. The van der Waals surface area contributed by atoms with Gasteiger partial charge >= 0.3 is 0 Å². The standard InChI is InChI=1S/C16H15BrFNO2/c1-19(10-11-5-3-6-12(9-11)21-2)16(20)13-7-4-8-14(17)15(13)18/h3-9H,10H2,1-2H3. The van der Waals surface area contributed by atoms with Crippen LogP contribution in [0.2, 0.25) is 0 Å². The van der Waals surface area contributed by atoms with E-state index in [0.717, 1.165) is 11.3 Å². The van der Waals surface area contributed by atoms with Gasteiger partial charge in [0, 0.05) is 13.6 Å². The SMILES string of the molecule is COc1cccc(CN(C)C(=O)c2cccc(Br)c2F)c1. The van der Waals surface area contributed by atoms with Crippen molar-refractivity contribution >= 4 is 21.8 Å². The fraction of sp³-hybridized carbons (Fsp3) is 0.188. The molecule has 0 aliphatic rings. The molecule has 0 aliphatic heterocycles. The van der Waals surface area contributed by atoms with Gasteiger partial charge in [-0.05, 0) is 45.8 Å². The summed E-state index contributed by atoms with van der Waals surface area (Å²) in [4.78, 5) is 13.8. The van der Waals surface area contributed by atoms with Crippen molar-refractivity contribution < 1.29 is 13.9 Å². The number of methoxy groups -OCH3 is 1. The van der Waals surface area contributed by atoms with Crippen LogP contribution in [0.3, 0.4) is 0 Å². The van der Waals surface area contributed by atoms with Crippen molar-refractivity contribution in [2.45, 2.75) is 6.54 Å². The van der Waals surface area contributed by atoms with Gasteiger partial charge in [-0.2, -0.15) is 0 Å². The van der Waals surface area contributed by atoms with E-state index in [0.29, 0.717) is 6.54 Å². The maximum atomic E-state index is 14.0. The van der Waals surface area contributed by atoms with Gasteiger partial charge in [-0.3, -0.25) is 4.79 Å². The van der Waals surface area contributed by atoms with Crippen LogP contribution in [-0.2, 0) is 6.54 Å². The molecule has 0 spiro atoms. The Morgan fingerprint density at radius 3 is 2.71 bits per heavy atom. The molecule has 0 aromatic heterocycles. The summed E-state index contributed by atoms with van der Waals surface area (Å²) in [5.74, 6) is -0.182. The quantitative estimate of drug-likeness (QED) is 0.836. The normalized spacial score (nSPS) is 10.3. The van der Waals surface area contributed by atoms with Gasteiger partial charge in [-0.15, -0.1) is 0 Å². The van der Waals surface area contributed by atoms with Gasteiger partial charge < -0.3 is 9.64 Å². The lowest BCUT2D eigenvalue weighted by Crippen LogP contribution is -2.27. The summed E-state index contributed by atoms with van der Waals surface area (Å²) in [6.45, 7) is 0.377. The van der Waals surface area contributed by atoms with Gasteiger partial charge in [-0.1, -0.05) is 18.2 Å². The molecule has 0 heterocycles. The van der Waals surface area contributed by atoms with Crippen LogP contribution in [0.1, 0.15) is 15.9 Å². The minimum Gasteiger partial charge on any atom is -0.497 e. The highest BCUT2D eigenvalue weighted by molar-refractivity contribution is 9.10. The fourth-order valence-electron chi connectivity index (χ4n) is 1.99. The van der Waals surface area contributed by atoms with Gasteiger partial charge in [0.25, 0.3) is 5.91 Å². The lowest BCUT2D eigenvalue weighted by Gasteiger charge is -2.18. The Labute approximate surface area is 131 Å². The smallest absolute Gasteiger partial charge is 0.256 e. The number of carbonyl (C=O) groups excluding carboxylic acids is 1. The molecule has 2 rings (SSSR count). The molecule has 2 aromatic carbocycles. The third-order valence-corrected chi connectivity index (χ3v) is 3.70. The van der Waals surface area contributed by atoms with E-state index >= 15 is 0 Å². The van der Waals surface area contributed by atoms with Crippen molar-refractivity contribution in [2.24, 2.45) is 0 Å². The van der Waals surface area contributed by atoms with E-state index < -0.39 is 5.82 Å². The summed E-state index contributed by atoms with van der Waals surface area (Å²) in [5, 5.41) is 0. The maximum absolute atomic E-state index is 14.0. The Morgan fingerprint density at radius 2 is 2.00 bits per heavy atom. The van der Waals surface area contributed by atoms with Crippen LogP contribution >= 0.6 is 15.9 Å². The third kappa shape index (κ3) is 3.61. The second-order valence-electron chi connectivity index (χ2n) is 4.61. The van der Waals surface area contributed by atoms with E-state index in [1.165, 1.54) is 11.0 Å². The second kappa shape index (κ2) is 6.72. The van der Waals surface area contributed by atoms with Gasteiger partial charge in [0.05, 0.1) is 17.1 Å². The highest BCUT2D eigenvalue weighted by Gasteiger charge is 2.18. The molecule has 5 heteroatoms. The summed E-state index contributed by atoms with van der Waals surface area (Å²) in [6.07, 6.45) is 0. The molecule has 0 bridgehead atoms. The van der Waals surface area contributed by atoms with Crippen LogP contribution in [0.4, 0.5) is 4.39 Å². The number of carbonyl (C=O) groups is 1. The zero-order chi connectivity index (χ0) is 15.4. The summed E-state index contributed by atoms with van der Waals surface area (Å²) in [7, 11) is 3.23. The molecule has 1 amide bonds. The van der Waals surface area contributed by atoms with Crippen molar-refractivity contribution in [3.05, 3.63) is 63.9 Å². The zero-order valence-electron chi connectivity index (χ0n) is 11.8. The Bertz CT molecular complexity index is 660. The van der Waals surface area contributed by atoms with Crippen LogP contribution in [-0.4, -0.2) is 25.0 Å². The van der Waals surface area contributed by atoms with E-state index in [1.807, 2.05) is 24.3 Å². The molecule has 0 unspecified atom stereocenters. The first kappa shape index (κ1) is 15.5.